The SMILES string of the molecule is O=C(c1cc(I)cc(I)c1I)N1CCCC1CCCO. The molecule has 1 unspecified atom stereocenters. The maximum Gasteiger partial charge on any atom is 0.255 e. The minimum absolute atomic E-state index is 0.145. The Morgan fingerprint density at radius 2 is 2.10 bits per heavy atom. The number of likely N-dealkylation sites (tertiary alicyclic amines) is 1. The molecule has 110 valence electrons. The van der Waals surface area contributed by atoms with Gasteiger partial charge in [-0.2, -0.15) is 0 Å². The van der Waals surface area contributed by atoms with Crippen LogP contribution in [0.5, 0.6) is 0 Å². The van der Waals surface area contributed by atoms with Gasteiger partial charge in [0.25, 0.3) is 5.91 Å². The van der Waals surface area contributed by atoms with Gasteiger partial charge < -0.3 is 10.0 Å². The highest BCUT2D eigenvalue weighted by Gasteiger charge is 2.30. The lowest BCUT2D eigenvalue weighted by atomic mass is 10.1. The van der Waals surface area contributed by atoms with Crippen LogP contribution in [0.15, 0.2) is 12.1 Å². The van der Waals surface area contributed by atoms with Crippen LogP contribution in [0.4, 0.5) is 0 Å². The molecule has 0 bridgehead atoms. The van der Waals surface area contributed by atoms with E-state index in [1.165, 1.54) is 0 Å². The van der Waals surface area contributed by atoms with Crippen molar-refractivity contribution in [2.75, 3.05) is 13.2 Å². The van der Waals surface area contributed by atoms with Gasteiger partial charge in [0.15, 0.2) is 0 Å². The molecule has 0 spiro atoms. The number of carbonyl (C=O) groups excluding carboxylic acids is 1. The number of aliphatic hydroxyl groups is 1. The third kappa shape index (κ3) is 3.97. The topological polar surface area (TPSA) is 40.5 Å². The zero-order chi connectivity index (χ0) is 14.7. The monoisotopic (exact) mass is 611 g/mol. The number of nitrogens with zero attached hydrogens (tertiary/aromatic N) is 1. The van der Waals surface area contributed by atoms with Gasteiger partial charge in [-0.05, 0) is 106 Å². The number of carbonyl (C=O) groups is 1. The first kappa shape index (κ1) is 17.2. The summed E-state index contributed by atoms with van der Waals surface area (Å²) in [6.07, 6.45) is 3.80. The lowest BCUT2D eigenvalue weighted by Crippen LogP contribution is -2.36. The summed E-state index contributed by atoms with van der Waals surface area (Å²) in [5, 5.41) is 8.98. The summed E-state index contributed by atoms with van der Waals surface area (Å²) in [6.45, 7) is 1.05. The second-order valence-electron chi connectivity index (χ2n) is 4.91. The minimum Gasteiger partial charge on any atom is -0.396 e. The van der Waals surface area contributed by atoms with Crippen LogP contribution in [-0.2, 0) is 0 Å². The van der Waals surface area contributed by atoms with Crippen molar-refractivity contribution in [2.45, 2.75) is 31.7 Å². The average Bonchev–Trinajstić information content (AvgIpc) is 2.88. The third-order valence-electron chi connectivity index (χ3n) is 3.56. The fourth-order valence-corrected chi connectivity index (χ4v) is 4.98. The molecule has 20 heavy (non-hydrogen) atoms. The van der Waals surface area contributed by atoms with Crippen LogP contribution < -0.4 is 0 Å². The molecule has 0 saturated carbocycles. The molecule has 1 atom stereocenters. The minimum atomic E-state index is 0.145. The van der Waals surface area contributed by atoms with E-state index in [1.54, 1.807) is 0 Å². The summed E-state index contributed by atoms with van der Waals surface area (Å²) in [7, 11) is 0. The average molecular weight is 611 g/mol. The Bertz CT molecular complexity index is 507. The van der Waals surface area contributed by atoms with Crippen molar-refractivity contribution < 1.29 is 9.90 Å². The van der Waals surface area contributed by atoms with Gasteiger partial charge in [-0.3, -0.25) is 4.79 Å². The first-order valence-electron chi connectivity index (χ1n) is 6.61. The maximum absolute atomic E-state index is 12.8. The number of benzene rings is 1. The van der Waals surface area contributed by atoms with Crippen LogP contribution >= 0.6 is 67.8 Å². The molecule has 1 aliphatic heterocycles. The number of halogens is 3. The maximum atomic E-state index is 12.8. The predicted molar refractivity (Wildman–Crippen MR) is 105 cm³/mol. The zero-order valence-electron chi connectivity index (χ0n) is 10.9. The van der Waals surface area contributed by atoms with E-state index in [1.807, 2.05) is 11.0 Å². The van der Waals surface area contributed by atoms with E-state index in [4.69, 9.17) is 5.11 Å². The molecule has 1 saturated heterocycles. The molecule has 1 aromatic carbocycles. The molecule has 1 fully saturated rings. The number of aliphatic hydroxyl groups excluding tert-OH is 1. The Labute approximate surface area is 160 Å². The van der Waals surface area contributed by atoms with Gasteiger partial charge in [0.1, 0.15) is 0 Å². The molecule has 0 aliphatic carbocycles. The van der Waals surface area contributed by atoms with Gasteiger partial charge in [-0.15, -0.1) is 0 Å². The molecule has 3 nitrogen and oxygen atoms in total. The largest absolute Gasteiger partial charge is 0.396 e. The molecule has 1 heterocycles. The normalized spacial score (nSPS) is 18.6. The Hall–Kier alpha value is 0.840. The summed E-state index contributed by atoms with van der Waals surface area (Å²) < 4.78 is 3.27. The van der Waals surface area contributed by atoms with Gasteiger partial charge in [0.05, 0.1) is 5.56 Å². The lowest BCUT2D eigenvalue weighted by molar-refractivity contribution is 0.0723. The van der Waals surface area contributed by atoms with E-state index in [2.05, 4.69) is 73.8 Å². The molecule has 0 aromatic heterocycles. The van der Waals surface area contributed by atoms with E-state index in [0.29, 0.717) is 6.04 Å². The summed E-state index contributed by atoms with van der Waals surface area (Å²) in [5.41, 5.74) is 0.817. The van der Waals surface area contributed by atoms with Crippen molar-refractivity contribution in [3.05, 3.63) is 28.4 Å². The summed E-state index contributed by atoms with van der Waals surface area (Å²) >= 11 is 6.80. The van der Waals surface area contributed by atoms with E-state index in [9.17, 15) is 4.79 Å². The van der Waals surface area contributed by atoms with E-state index < -0.39 is 0 Å². The Morgan fingerprint density at radius 1 is 1.35 bits per heavy atom. The zero-order valence-corrected chi connectivity index (χ0v) is 17.4. The van der Waals surface area contributed by atoms with Crippen molar-refractivity contribution in [3.8, 4) is 0 Å². The first-order chi connectivity index (χ1) is 9.54. The van der Waals surface area contributed by atoms with E-state index in [-0.39, 0.29) is 12.5 Å². The van der Waals surface area contributed by atoms with Crippen molar-refractivity contribution in [2.24, 2.45) is 0 Å². The van der Waals surface area contributed by atoms with Gasteiger partial charge in [0.2, 0.25) is 0 Å². The highest BCUT2D eigenvalue weighted by atomic mass is 127. The third-order valence-corrected chi connectivity index (χ3v) is 7.22. The first-order valence-corrected chi connectivity index (χ1v) is 9.84. The van der Waals surface area contributed by atoms with E-state index >= 15 is 0 Å². The molecule has 2 rings (SSSR count). The number of hydrogen-bond donors (Lipinski definition) is 1. The second kappa shape index (κ2) is 7.91. The molecule has 6 heteroatoms. The van der Waals surface area contributed by atoms with Crippen molar-refractivity contribution in [3.63, 3.8) is 0 Å². The van der Waals surface area contributed by atoms with E-state index in [0.717, 1.165) is 48.5 Å². The molecule has 1 aliphatic rings. The Morgan fingerprint density at radius 3 is 2.80 bits per heavy atom. The smallest absolute Gasteiger partial charge is 0.255 e. The molecule has 0 radical (unpaired) electrons. The molecule has 1 aromatic rings. The number of hydrogen-bond acceptors (Lipinski definition) is 2. The number of amides is 1. The molecular weight excluding hydrogens is 595 g/mol. The van der Waals surface area contributed by atoms with Crippen LogP contribution in [0, 0.1) is 10.7 Å². The van der Waals surface area contributed by atoms with Crippen molar-refractivity contribution in [1.82, 2.24) is 4.90 Å². The van der Waals surface area contributed by atoms with Gasteiger partial charge in [0, 0.05) is 29.9 Å². The van der Waals surface area contributed by atoms with Crippen LogP contribution in [0.25, 0.3) is 0 Å². The highest BCUT2D eigenvalue weighted by molar-refractivity contribution is 14.1. The van der Waals surface area contributed by atoms with Crippen LogP contribution in [0.3, 0.4) is 0 Å². The van der Waals surface area contributed by atoms with Crippen molar-refractivity contribution >= 4 is 73.7 Å². The van der Waals surface area contributed by atoms with Crippen LogP contribution in [0.1, 0.15) is 36.0 Å². The Kier molecular flexibility index (Phi) is 6.80. The molecule has 1 amide bonds. The second-order valence-corrected chi connectivity index (χ2v) is 8.40. The number of rotatable bonds is 4. The molecular formula is C14H16I3NO2. The molecule has 1 N–H and O–H groups in total. The predicted octanol–water partition coefficient (Wildman–Crippen LogP) is 3.88. The fourth-order valence-electron chi connectivity index (χ4n) is 2.60. The fraction of sp³-hybridized carbons (Fsp3) is 0.500. The summed E-state index contributed by atoms with van der Waals surface area (Å²) in [5.74, 6) is 0.145. The summed E-state index contributed by atoms with van der Waals surface area (Å²) in [4.78, 5) is 14.8. The van der Waals surface area contributed by atoms with Crippen LogP contribution in [-0.4, -0.2) is 35.1 Å². The van der Waals surface area contributed by atoms with Gasteiger partial charge in [-0.1, -0.05) is 0 Å². The van der Waals surface area contributed by atoms with Crippen molar-refractivity contribution in [1.29, 1.82) is 0 Å². The highest BCUT2D eigenvalue weighted by Crippen LogP contribution is 2.28. The standard InChI is InChI=1S/C14H16I3NO2/c15-9-7-11(13(17)12(16)8-9)14(20)18-5-1-3-10(18)4-2-6-19/h7-8,10,19H,1-6H2. The van der Waals surface area contributed by atoms with Crippen LogP contribution in [0.2, 0.25) is 0 Å². The van der Waals surface area contributed by atoms with Gasteiger partial charge >= 0.3 is 0 Å². The van der Waals surface area contributed by atoms with Gasteiger partial charge in [-0.25, -0.2) is 0 Å². The summed E-state index contributed by atoms with van der Waals surface area (Å²) in [6, 6.07) is 4.36. The Balaban J connectivity index is 2.22. The quantitative estimate of drug-likeness (QED) is 0.416. The lowest BCUT2D eigenvalue weighted by Gasteiger charge is -2.25.